The molecular weight excluding hydrogens is 134 g/mol. The molecule has 0 fully saturated rings. The molecule has 0 bridgehead atoms. The molecule has 0 saturated heterocycles. The van der Waals surface area contributed by atoms with Gasteiger partial charge in [0.25, 0.3) is 0 Å². The molecule has 1 nitrogen and oxygen atoms in total. The molecule has 1 aromatic rings. The predicted molar refractivity (Wildman–Crippen MR) is 44.7 cm³/mol. The van der Waals surface area contributed by atoms with Crippen molar-refractivity contribution in [3.8, 4) is 12.3 Å². The Balaban J connectivity index is 3.07. The van der Waals surface area contributed by atoms with E-state index in [0.717, 1.165) is 11.1 Å². The Morgan fingerprint density at radius 2 is 2.18 bits per heavy atom. The average Bonchev–Trinajstić information content (AvgIpc) is 2.06. The molecule has 0 saturated carbocycles. The van der Waals surface area contributed by atoms with Crippen LogP contribution in [0.25, 0.3) is 4.85 Å². The summed E-state index contributed by atoms with van der Waals surface area (Å²) in [7, 11) is 0. The molecule has 0 aliphatic heterocycles. The molecule has 1 rings (SSSR count). The second-order valence-corrected chi connectivity index (χ2v) is 2.12. The molecule has 0 aliphatic carbocycles. The topological polar surface area (TPSA) is 4.36 Å². The van der Waals surface area contributed by atoms with E-state index in [0.29, 0.717) is 6.54 Å². The summed E-state index contributed by atoms with van der Waals surface area (Å²) in [6, 6.07) is 7.50. The second kappa shape index (κ2) is 3.44. The van der Waals surface area contributed by atoms with Crippen molar-refractivity contribution in [2.45, 2.75) is 6.54 Å². The quantitative estimate of drug-likeness (QED) is 0.416. The highest BCUT2D eigenvalue weighted by atomic mass is 14.6. The Morgan fingerprint density at radius 1 is 1.45 bits per heavy atom. The molecule has 0 heterocycles. The molecule has 52 valence electrons. The van der Waals surface area contributed by atoms with Crippen LogP contribution in [0, 0.1) is 18.9 Å². The zero-order valence-electron chi connectivity index (χ0n) is 6.04. The van der Waals surface area contributed by atoms with Gasteiger partial charge in [0.2, 0.25) is 6.54 Å². The van der Waals surface area contributed by atoms with E-state index in [1.165, 1.54) is 0 Å². The molecular formula is C10H7N. The van der Waals surface area contributed by atoms with Crippen molar-refractivity contribution in [1.29, 1.82) is 0 Å². The molecule has 0 aromatic heterocycles. The van der Waals surface area contributed by atoms with Crippen LogP contribution in [-0.4, -0.2) is 0 Å². The van der Waals surface area contributed by atoms with E-state index in [9.17, 15) is 0 Å². The molecule has 0 radical (unpaired) electrons. The number of terminal acetylenes is 1. The zero-order chi connectivity index (χ0) is 8.10. The van der Waals surface area contributed by atoms with Gasteiger partial charge in [-0.05, 0) is 6.07 Å². The first-order valence-electron chi connectivity index (χ1n) is 3.26. The molecule has 0 atom stereocenters. The van der Waals surface area contributed by atoms with Crippen LogP contribution in [0.1, 0.15) is 11.1 Å². The normalized spacial score (nSPS) is 8.18. The fourth-order valence-corrected chi connectivity index (χ4v) is 0.884. The molecule has 0 spiro atoms. The Hall–Kier alpha value is -1.73. The maximum atomic E-state index is 6.67. The molecule has 1 heteroatoms. The van der Waals surface area contributed by atoms with Crippen molar-refractivity contribution in [3.05, 3.63) is 46.8 Å². The van der Waals surface area contributed by atoms with Gasteiger partial charge in [-0.25, -0.2) is 6.57 Å². The van der Waals surface area contributed by atoms with Gasteiger partial charge in [-0.15, -0.1) is 6.42 Å². The van der Waals surface area contributed by atoms with Crippen molar-refractivity contribution in [3.63, 3.8) is 0 Å². The Kier molecular flexibility index (Phi) is 2.31. The third-order valence-electron chi connectivity index (χ3n) is 1.42. The van der Waals surface area contributed by atoms with Crippen LogP contribution in [0.5, 0.6) is 0 Å². The molecule has 0 amide bonds. The fourth-order valence-electron chi connectivity index (χ4n) is 0.884. The SMILES string of the molecule is [C-]#[N+]Cc1ccccc1C#C. The van der Waals surface area contributed by atoms with Gasteiger partial charge in [0, 0.05) is 11.1 Å². The summed E-state index contributed by atoms with van der Waals surface area (Å²) in [6.45, 7) is 7.04. The molecule has 11 heavy (non-hydrogen) atoms. The highest BCUT2D eigenvalue weighted by Crippen LogP contribution is 2.07. The van der Waals surface area contributed by atoms with E-state index in [2.05, 4.69) is 10.8 Å². The van der Waals surface area contributed by atoms with E-state index in [-0.39, 0.29) is 0 Å². The van der Waals surface area contributed by atoms with Crippen LogP contribution in [0.2, 0.25) is 0 Å². The Labute approximate surface area is 66.5 Å². The van der Waals surface area contributed by atoms with E-state index < -0.39 is 0 Å². The van der Waals surface area contributed by atoms with Crippen molar-refractivity contribution in [1.82, 2.24) is 0 Å². The van der Waals surface area contributed by atoms with Crippen molar-refractivity contribution >= 4 is 0 Å². The Morgan fingerprint density at radius 3 is 2.82 bits per heavy atom. The van der Waals surface area contributed by atoms with E-state index >= 15 is 0 Å². The van der Waals surface area contributed by atoms with Crippen LogP contribution >= 0.6 is 0 Å². The highest BCUT2D eigenvalue weighted by Gasteiger charge is 1.98. The van der Waals surface area contributed by atoms with Gasteiger partial charge < -0.3 is 4.85 Å². The van der Waals surface area contributed by atoms with Crippen LogP contribution in [0.4, 0.5) is 0 Å². The van der Waals surface area contributed by atoms with Gasteiger partial charge in [0.1, 0.15) is 0 Å². The minimum Gasteiger partial charge on any atom is -0.312 e. The number of nitrogens with zero attached hydrogens (tertiary/aromatic N) is 1. The van der Waals surface area contributed by atoms with Crippen LogP contribution in [0.15, 0.2) is 24.3 Å². The maximum Gasteiger partial charge on any atom is 0.240 e. The summed E-state index contributed by atoms with van der Waals surface area (Å²) < 4.78 is 0. The van der Waals surface area contributed by atoms with Crippen LogP contribution in [-0.2, 0) is 6.54 Å². The van der Waals surface area contributed by atoms with Gasteiger partial charge in [0.05, 0.1) is 0 Å². The zero-order valence-corrected chi connectivity index (χ0v) is 6.04. The predicted octanol–water partition coefficient (Wildman–Crippen LogP) is 2.09. The standard InChI is InChI=1S/C10H7N/c1-3-9-6-4-5-7-10(9)8-11-2/h1,4-7H,8H2. The first-order valence-corrected chi connectivity index (χ1v) is 3.26. The van der Waals surface area contributed by atoms with Crippen LogP contribution < -0.4 is 0 Å². The van der Waals surface area contributed by atoms with E-state index in [4.69, 9.17) is 13.0 Å². The first kappa shape index (κ1) is 7.38. The summed E-state index contributed by atoms with van der Waals surface area (Å²) in [5, 5.41) is 0. The third kappa shape index (κ3) is 1.60. The third-order valence-corrected chi connectivity index (χ3v) is 1.42. The van der Waals surface area contributed by atoms with Gasteiger partial charge in [-0.3, -0.25) is 0 Å². The summed E-state index contributed by atoms with van der Waals surface area (Å²) in [5.41, 5.74) is 1.76. The Bertz CT molecular complexity index is 325. The van der Waals surface area contributed by atoms with Crippen molar-refractivity contribution in [2.24, 2.45) is 0 Å². The first-order chi connectivity index (χ1) is 5.38. The number of benzene rings is 1. The van der Waals surface area contributed by atoms with Gasteiger partial charge in [-0.2, -0.15) is 0 Å². The lowest BCUT2D eigenvalue weighted by Gasteiger charge is -1.94. The van der Waals surface area contributed by atoms with Gasteiger partial charge >= 0.3 is 0 Å². The van der Waals surface area contributed by atoms with Gasteiger partial charge in [0.15, 0.2) is 0 Å². The summed E-state index contributed by atoms with van der Waals surface area (Å²) in [6.07, 6.45) is 5.23. The lowest BCUT2D eigenvalue weighted by molar-refractivity contribution is 1.25. The lowest BCUT2D eigenvalue weighted by Crippen LogP contribution is -1.84. The minimum absolute atomic E-state index is 0.375. The summed E-state index contributed by atoms with van der Waals surface area (Å²) in [4.78, 5) is 3.27. The lowest BCUT2D eigenvalue weighted by atomic mass is 10.1. The molecule has 0 N–H and O–H groups in total. The van der Waals surface area contributed by atoms with E-state index in [1.807, 2.05) is 24.3 Å². The summed E-state index contributed by atoms with van der Waals surface area (Å²) in [5.74, 6) is 2.54. The van der Waals surface area contributed by atoms with E-state index in [1.54, 1.807) is 0 Å². The number of hydrogen-bond acceptors (Lipinski definition) is 0. The molecule has 0 aliphatic rings. The number of hydrogen-bond donors (Lipinski definition) is 0. The van der Waals surface area contributed by atoms with Crippen molar-refractivity contribution in [2.75, 3.05) is 0 Å². The van der Waals surface area contributed by atoms with Crippen LogP contribution in [0.3, 0.4) is 0 Å². The smallest absolute Gasteiger partial charge is 0.240 e. The fraction of sp³-hybridized carbons (Fsp3) is 0.100. The minimum atomic E-state index is 0.375. The molecule has 0 unspecified atom stereocenters. The maximum absolute atomic E-state index is 6.67. The van der Waals surface area contributed by atoms with Crippen molar-refractivity contribution < 1.29 is 0 Å². The largest absolute Gasteiger partial charge is 0.312 e. The average molecular weight is 141 g/mol. The monoisotopic (exact) mass is 141 g/mol. The highest BCUT2D eigenvalue weighted by molar-refractivity contribution is 5.40. The number of rotatable bonds is 1. The molecule has 1 aromatic carbocycles. The summed E-state index contributed by atoms with van der Waals surface area (Å²) >= 11 is 0. The second-order valence-electron chi connectivity index (χ2n) is 2.12. The van der Waals surface area contributed by atoms with Gasteiger partial charge in [-0.1, -0.05) is 24.1 Å².